The molecule has 4 aliphatic heterocycles. The normalized spacial score (nSPS) is 32.6. The van der Waals surface area contributed by atoms with Crippen molar-refractivity contribution >= 4 is 17.7 Å². The zero-order chi connectivity index (χ0) is 17.8. The van der Waals surface area contributed by atoms with E-state index in [-0.39, 0.29) is 17.7 Å². The molecule has 4 heterocycles. The maximum atomic E-state index is 13.1. The molecule has 4 rings (SSSR count). The summed E-state index contributed by atoms with van der Waals surface area (Å²) in [6.45, 7) is 3.32. The number of likely N-dealkylation sites (N-methyl/N-ethyl adjacent to an activating group) is 1. The number of piperazine rings is 1. The zero-order valence-electron chi connectivity index (χ0n) is 14.7. The van der Waals surface area contributed by atoms with Crippen molar-refractivity contribution in [3.05, 3.63) is 0 Å². The monoisotopic (exact) mass is 350 g/mol. The van der Waals surface area contributed by atoms with Crippen LogP contribution in [0, 0.1) is 0 Å². The van der Waals surface area contributed by atoms with E-state index in [1.54, 1.807) is 0 Å². The van der Waals surface area contributed by atoms with Gasteiger partial charge in [0.1, 0.15) is 5.54 Å². The minimum Gasteiger partial charge on any atom is -0.392 e. The molecule has 1 N–H and O–H groups in total. The number of hydrogen-bond acceptors (Lipinski definition) is 6. The third-order valence-electron chi connectivity index (χ3n) is 6.07. The number of β-amino-alcohol motifs (C(OH)–C–C–N with tert-alkyl or cyclic N) is 1. The summed E-state index contributed by atoms with van der Waals surface area (Å²) in [5.74, 6) is -0.151. The van der Waals surface area contributed by atoms with Crippen LogP contribution in [0.2, 0.25) is 0 Å². The number of fused-ring (bicyclic) bond motifs is 2. The highest BCUT2D eigenvalue weighted by molar-refractivity contribution is 6.06. The average molecular weight is 350 g/mol. The highest BCUT2D eigenvalue weighted by Gasteiger charge is 2.63. The fraction of sp³-hybridized carbons (Fsp3) is 0.824. The Morgan fingerprint density at radius 1 is 1.20 bits per heavy atom. The predicted octanol–water partition coefficient (Wildman–Crippen LogP) is -1.51. The molecule has 138 valence electrons. The number of nitrogens with zero attached hydrogens (tertiary/aromatic N) is 4. The number of amides is 3. The Bertz CT molecular complexity index is 603. The largest absolute Gasteiger partial charge is 0.392 e. The first-order valence-electron chi connectivity index (χ1n) is 9.19. The van der Waals surface area contributed by atoms with Crippen molar-refractivity contribution in [3.63, 3.8) is 0 Å². The van der Waals surface area contributed by atoms with Gasteiger partial charge in [0.2, 0.25) is 11.8 Å². The van der Waals surface area contributed by atoms with Gasteiger partial charge < -0.3 is 14.9 Å². The lowest BCUT2D eigenvalue weighted by Gasteiger charge is -2.57. The number of aliphatic hydroxyl groups excluding tert-OH is 1. The lowest BCUT2D eigenvalue weighted by molar-refractivity contribution is -0.178. The lowest BCUT2D eigenvalue weighted by atomic mass is 9.83. The van der Waals surface area contributed by atoms with Gasteiger partial charge in [0.15, 0.2) is 0 Å². The zero-order valence-corrected chi connectivity index (χ0v) is 14.7. The van der Waals surface area contributed by atoms with Crippen LogP contribution in [0.4, 0.5) is 0 Å². The van der Waals surface area contributed by atoms with E-state index < -0.39 is 17.7 Å². The van der Waals surface area contributed by atoms with E-state index in [1.807, 2.05) is 16.8 Å². The number of hydrogen-bond donors (Lipinski definition) is 1. The molecule has 8 heteroatoms. The Morgan fingerprint density at radius 3 is 2.60 bits per heavy atom. The molecule has 2 atom stereocenters. The first-order chi connectivity index (χ1) is 11.9. The molecule has 1 spiro atoms. The molecule has 0 aromatic carbocycles. The Kier molecular flexibility index (Phi) is 4.09. The van der Waals surface area contributed by atoms with Gasteiger partial charge in [0.25, 0.3) is 5.91 Å². The molecular formula is C17H26N4O4. The van der Waals surface area contributed by atoms with Crippen molar-refractivity contribution < 1.29 is 19.5 Å². The second-order valence-corrected chi connectivity index (χ2v) is 7.89. The minimum atomic E-state index is -0.658. The van der Waals surface area contributed by atoms with Gasteiger partial charge in [-0.1, -0.05) is 0 Å². The number of carbonyl (C=O) groups is 3. The smallest absolute Gasteiger partial charge is 0.252 e. The molecule has 0 aromatic heterocycles. The molecule has 25 heavy (non-hydrogen) atoms. The van der Waals surface area contributed by atoms with Gasteiger partial charge in [0, 0.05) is 45.7 Å². The second-order valence-electron chi connectivity index (χ2n) is 7.89. The Hall–Kier alpha value is -1.51. The van der Waals surface area contributed by atoms with E-state index in [0.717, 1.165) is 13.0 Å². The maximum absolute atomic E-state index is 13.1. The Labute approximate surface area is 147 Å². The third kappa shape index (κ3) is 2.58. The van der Waals surface area contributed by atoms with Crippen molar-refractivity contribution in [1.29, 1.82) is 0 Å². The maximum Gasteiger partial charge on any atom is 0.252 e. The van der Waals surface area contributed by atoms with Gasteiger partial charge in [-0.2, -0.15) is 0 Å². The van der Waals surface area contributed by atoms with Gasteiger partial charge >= 0.3 is 0 Å². The van der Waals surface area contributed by atoms with Gasteiger partial charge in [0.05, 0.1) is 12.1 Å². The first-order valence-corrected chi connectivity index (χ1v) is 9.19. The van der Waals surface area contributed by atoms with Crippen molar-refractivity contribution in [3.8, 4) is 0 Å². The highest BCUT2D eigenvalue weighted by Crippen LogP contribution is 2.39. The third-order valence-corrected chi connectivity index (χ3v) is 6.07. The fourth-order valence-corrected chi connectivity index (χ4v) is 4.91. The molecule has 4 aliphatic rings. The summed E-state index contributed by atoms with van der Waals surface area (Å²) >= 11 is 0. The number of rotatable bonds is 4. The number of likely N-dealkylation sites (tertiary alicyclic amines) is 2. The molecule has 4 saturated heterocycles. The molecule has 4 fully saturated rings. The standard InChI is InChI=1S/C17H26N4O4/c1-18-10-17(11-18)16(25)20(7-3-6-19-5-2-4-14(19)23)15(24)13-8-12(22)9-21(13)17/h12-13,22H,2-11H2,1H3/t12-,13+/m1/s1. The van der Waals surface area contributed by atoms with E-state index in [9.17, 15) is 19.5 Å². The molecular weight excluding hydrogens is 324 g/mol. The summed E-state index contributed by atoms with van der Waals surface area (Å²) in [5, 5.41) is 10.0. The van der Waals surface area contributed by atoms with Gasteiger partial charge in [-0.15, -0.1) is 0 Å². The lowest BCUT2D eigenvalue weighted by Crippen LogP contribution is -2.81. The van der Waals surface area contributed by atoms with Crippen LogP contribution < -0.4 is 0 Å². The van der Waals surface area contributed by atoms with Gasteiger partial charge in [-0.3, -0.25) is 24.2 Å². The molecule has 0 aliphatic carbocycles. The van der Waals surface area contributed by atoms with Crippen LogP contribution in [0.1, 0.15) is 25.7 Å². The van der Waals surface area contributed by atoms with Gasteiger partial charge in [-0.25, -0.2) is 0 Å². The number of carbonyl (C=O) groups excluding carboxylic acids is 3. The van der Waals surface area contributed by atoms with Crippen LogP contribution in [-0.2, 0) is 14.4 Å². The molecule has 3 amide bonds. The average Bonchev–Trinajstić information content (AvgIpc) is 3.12. The molecule has 0 aromatic rings. The minimum absolute atomic E-state index is 0.131. The molecule has 0 saturated carbocycles. The summed E-state index contributed by atoms with van der Waals surface area (Å²) in [4.78, 5) is 44.8. The summed E-state index contributed by atoms with van der Waals surface area (Å²) in [7, 11) is 1.96. The molecule has 0 radical (unpaired) electrons. The molecule has 8 nitrogen and oxygen atoms in total. The Morgan fingerprint density at radius 2 is 1.96 bits per heavy atom. The van der Waals surface area contributed by atoms with E-state index in [4.69, 9.17) is 0 Å². The summed E-state index contributed by atoms with van der Waals surface area (Å²) in [6.07, 6.45) is 1.96. The topological polar surface area (TPSA) is 84.4 Å². The highest BCUT2D eigenvalue weighted by atomic mass is 16.3. The SMILES string of the molecule is CN1CC2(C1)C(=O)N(CCCN1CCCC1=O)C(=O)[C@@H]1C[C@@H](O)CN12. The predicted molar refractivity (Wildman–Crippen MR) is 88.5 cm³/mol. The van der Waals surface area contributed by atoms with Crippen LogP contribution in [0.15, 0.2) is 0 Å². The second kappa shape index (κ2) is 6.03. The summed E-state index contributed by atoms with van der Waals surface area (Å²) < 4.78 is 0. The van der Waals surface area contributed by atoms with Crippen LogP contribution >= 0.6 is 0 Å². The van der Waals surface area contributed by atoms with Crippen LogP contribution in [0.5, 0.6) is 0 Å². The van der Waals surface area contributed by atoms with Gasteiger partial charge in [-0.05, 0) is 26.3 Å². The quantitative estimate of drug-likeness (QED) is 0.621. The fourth-order valence-electron chi connectivity index (χ4n) is 4.91. The number of imide groups is 1. The molecule has 0 bridgehead atoms. The van der Waals surface area contributed by atoms with E-state index in [1.165, 1.54) is 4.90 Å². The van der Waals surface area contributed by atoms with E-state index in [2.05, 4.69) is 4.90 Å². The Balaban J connectivity index is 1.46. The van der Waals surface area contributed by atoms with Crippen molar-refractivity contribution in [2.45, 2.75) is 43.4 Å². The van der Waals surface area contributed by atoms with Crippen molar-refractivity contribution in [2.75, 3.05) is 46.3 Å². The van der Waals surface area contributed by atoms with Crippen LogP contribution in [-0.4, -0.2) is 106 Å². The number of aliphatic hydroxyl groups is 1. The summed E-state index contributed by atoms with van der Waals surface area (Å²) in [6, 6.07) is -0.394. The van der Waals surface area contributed by atoms with E-state index >= 15 is 0 Å². The first kappa shape index (κ1) is 16.9. The van der Waals surface area contributed by atoms with Crippen molar-refractivity contribution in [1.82, 2.24) is 19.6 Å². The van der Waals surface area contributed by atoms with E-state index in [0.29, 0.717) is 52.0 Å². The molecule has 0 unspecified atom stereocenters. The van der Waals surface area contributed by atoms with Crippen LogP contribution in [0.25, 0.3) is 0 Å². The summed E-state index contributed by atoms with van der Waals surface area (Å²) in [5.41, 5.74) is -0.658. The van der Waals surface area contributed by atoms with Crippen LogP contribution in [0.3, 0.4) is 0 Å². The van der Waals surface area contributed by atoms with Crippen molar-refractivity contribution in [2.24, 2.45) is 0 Å².